The second-order valence-corrected chi connectivity index (χ2v) is 6.60. The van der Waals surface area contributed by atoms with Crippen LogP contribution in [0.4, 0.5) is 13.2 Å². The van der Waals surface area contributed by atoms with Gasteiger partial charge in [-0.1, -0.05) is 12.1 Å². The molecular formula is C20H17F3N4O3. The van der Waals surface area contributed by atoms with Gasteiger partial charge in [0.05, 0.1) is 16.7 Å². The Morgan fingerprint density at radius 1 is 1.17 bits per heavy atom. The maximum absolute atomic E-state index is 13.3. The van der Waals surface area contributed by atoms with Gasteiger partial charge >= 0.3 is 6.18 Å². The first-order valence-corrected chi connectivity index (χ1v) is 9.08. The van der Waals surface area contributed by atoms with Gasteiger partial charge in [-0.2, -0.15) is 18.3 Å². The first-order valence-electron chi connectivity index (χ1n) is 9.08. The number of fused-ring (bicyclic) bond motifs is 2. The predicted molar refractivity (Wildman–Crippen MR) is 103 cm³/mol. The van der Waals surface area contributed by atoms with Gasteiger partial charge in [0.15, 0.2) is 11.5 Å². The maximum atomic E-state index is 13.3. The van der Waals surface area contributed by atoms with Crippen molar-refractivity contribution in [3.63, 3.8) is 0 Å². The summed E-state index contributed by atoms with van der Waals surface area (Å²) in [6, 6.07) is 11.3. The van der Waals surface area contributed by atoms with Crippen LogP contribution >= 0.6 is 0 Å². The molecule has 0 saturated heterocycles. The van der Waals surface area contributed by atoms with Crippen molar-refractivity contribution in [1.82, 2.24) is 15.0 Å². The molecule has 1 amide bonds. The van der Waals surface area contributed by atoms with Gasteiger partial charge in [0.1, 0.15) is 19.8 Å². The van der Waals surface area contributed by atoms with E-state index in [4.69, 9.17) is 9.47 Å². The van der Waals surface area contributed by atoms with Crippen molar-refractivity contribution in [2.45, 2.75) is 19.6 Å². The van der Waals surface area contributed by atoms with E-state index in [1.54, 1.807) is 37.3 Å². The van der Waals surface area contributed by atoms with Gasteiger partial charge in [-0.05, 0) is 37.3 Å². The third-order valence-electron chi connectivity index (χ3n) is 4.52. The van der Waals surface area contributed by atoms with E-state index in [-0.39, 0.29) is 11.0 Å². The van der Waals surface area contributed by atoms with Gasteiger partial charge in [-0.25, -0.2) is 10.4 Å². The van der Waals surface area contributed by atoms with Crippen LogP contribution in [0.2, 0.25) is 0 Å². The molecule has 0 fully saturated rings. The molecule has 0 saturated carbocycles. The van der Waals surface area contributed by atoms with Crippen molar-refractivity contribution in [3.05, 3.63) is 53.9 Å². The summed E-state index contributed by atoms with van der Waals surface area (Å²) in [4.78, 5) is 15.9. The van der Waals surface area contributed by atoms with Crippen LogP contribution in [0.5, 0.6) is 11.5 Å². The number of hydrogen-bond donors (Lipinski definition) is 1. The number of nitrogens with zero attached hydrogens (tertiary/aromatic N) is 3. The SMILES string of the molecule is CC(=NNC(=O)Cn1c(C(F)(F)F)nc2ccccc21)c1ccc2c(c1)OCCO2. The molecule has 1 N–H and O–H groups in total. The van der Waals surface area contributed by atoms with Crippen LogP contribution in [0.3, 0.4) is 0 Å². The van der Waals surface area contributed by atoms with Crippen molar-refractivity contribution in [2.24, 2.45) is 5.10 Å². The second kappa shape index (κ2) is 7.69. The Bertz CT molecular complexity index is 1140. The van der Waals surface area contributed by atoms with Gasteiger partial charge in [0.2, 0.25) is 5.82 Å². The summed E-state index contributed by atoms with van der Waals surface area (Å²) in [5.74, 6) is -0.653. The number of rotatable bonds is 4. The van der Waals surface area contributed by atoms with E-state index in [2.05, 4.69) is 15.5 Å². The zero-order valence-corrected chi connectivity index (χ0v) is 15.9. The lowest BCUT2D eigenvalue weighted by atomic mass is 10.1. The highest BCUT2D eigenvalue weighted by Crippen LogP contribution is 2.32. The van der Waals surface area contributed by atoms with Crippen LogP contribution in [0.15, 0.2) is 47.6 Å². The third-order valence-corrected chi connectivity index (χ3v) is 4.52. The number of carbonyl (C=O) groups is 1. The van der Waals surface area contributed by atoms with Crippen LogP contribution in [0.1, 0.15) is 18.3 Å². The molecule has 3 aromatic rings. The lowest BCUT2D eigenvalue weighted by Gasteiger charge is -2.18. The predicted octanol–water partition coefficient (Wildman–Crippen LogP) is 3.37. The molecule has 0 bridgehead atoms. The van der Waals surface area contributed by atoms with E-state index in [9.17, 15) is 18.0 Å². The summed E-state index contributed by atoms with van der Waals surface area (Å²) in [7, 11) is 0. The molecule has 10 heteroatoms. The summed E-state index contributed by atoms with van der Waals surface area (Å²) in [5, 5.41) is 4.00. The smallest absolute Gasteiger partial charge is 0.449 e. The summed E-state index contributed by atoms with van der Waals surface area (Å²) in [6.07, 6.45) is -4.69. The Kier molecular flexibility index (Phi) is 5.06. The first-order chi connectivity index (χ1) is 14.3. The highest BCUT2D eigenvalue weighted by atomic mass is 19.4. The van der Waals surface area contributed by atoms with E-state index in [1.807, 2.05) is 0 Å². The van der Waals surface area contributed by atoms with Gasteiger partial charge < -0.3 is 14.0 Å². The van der Waals surface area contributed by atoms with Crippen molar-refractivity contribution < 1.29 is 27.4 Å². The average molecular weight is 418 g/mol. The first kappa shape index (κ1) is 19.7. The Labute approximate surface area is 169 Å². The minimum atomic E-state index is -4.69. The van der Waals surface area contributed by atoms with Crippen LogP contribution in [0.25, 0.3) is 11.0 Å². The Hall–Kier alpha value is -3.56. The van der Waals surface area contributed by atoms with Crippen LogP contribution < -0.4 is 14.9 Å². The lowest BCUT2D eigenvalue weighted by molar-refractivity contribution is -0.147. The number of hydrogen-bond acceptors (Lipinski definition) is 5. The number of para-hydroxylation sites is 2. The van der Waals surface area contributed by atoms with Crippen molar-refractivity contribution >= 4 is 22.7 Å². The Morgan fingerprint density at radius 2 is 1.90 bits per heavy atom. The van der Waals surface area contributed by atoms with Crippen LogP contribution in [0, 0.1) is 0 Å². The number of ether oxygens (including phenoxy) is 2. The second-order valence-electron chi connectivity index (χ2n) is 6.60. The zero-order valence-electron chi connectivity index (χ0n) is 15.9. The van der Waals surface area contributed by atoms with Crippen molar-refractivity contribution in [2.75, 3.05) is 13.2 Å². The molecule has 30 heavy (non-hydrogen) atoms. The molecule has 2 heterocycles. The fraction of sp³-hybridized carbons (Fsp3) is 0.250. The number of halogens is 3. The highest BCUT2D eigenvalue weighted by Gasteiger charge is 2.38. The minimum absolute atomic E-state index is 0.161. The molecule has 0 radical (unpaired) electrons. The maximum Gasteiger partial charge on any atom is 0.449 e. The largest absolute Gasteiger partial charge is 0.486 e. The Morgan fingerprint density at radius 3 is 2.67 bits per heavy atom. The fourth-order valence-corrected chi connectivity index (χ4v) is 3.11. The van der Waals surface area contributed by atoms with E-state index in [0.29, 0.717) is 36.0 Å². The lowest BCUT2D eigenvalue weighted by Crippen LogP contribution is -2.27. The molecule has 0 unspecified atom stereocenters. The average Bonchev–Trinajstić information content (AvgIpc) is 3.10. The van der Waals surface area contributed by atoms with Crippen molar-refractivity contribution in [3.8, 4) is 11.5 Å². The quantitative estimate of drug-likeness (QED) is 0.521. The normalized spacial score (nSPS) is 14.1. The molecular weight excluding hydrogens is 401 g/mol. The third kappa shape index (κ3) is 3.93. The van der Waals surface area contributed by atoms with Gasteiger partial charge in [-0.3, -0.25) is 4.79 Å². The van der Waals surface area contributed by atoms with Crippen LogP contribution in [-0.4, -0.2) is 34.4 Å². The number of nitrogens with one attached hydrogen (secondary N) is 1. The number of hydrazone groups is 1. The summed E-state index contributed by atoms with van der Waals surface area (Å²) < 4.78 is 51.8. The number of alkyl halides is 3. The molecule has 0 atom stereocenters. The molecule has 2 aromatic carbocycles. The standard InChI is InChI=1S/C20H17F3N4O3/c1-12(13-6-7-16-17(10-13)30-9-8-29-16)25-26-18(28)11-27-15-5-3-2-4-14(15)24-19(27)20(21,22)23/h2-7,10H,8-9,11H2,1H3,(H,26,28). The van der Waals surface area contributed by atoms with Crippen LogP contribution in [-0.2, 0) is 17.5 Å². The highest BCUT2D eigenvalue weighted by molar-refractivity contribution is 5.99. The molecule has 7 nitrogen and oxygen atoms in total. The molecule has 0 spiro atoms. The minimum Gasteiger partial charge on any atom is -0.486 e. The van der Waals surface area contributed by atoms with E-state index < -0.39 is 24.5 Å². The number of aromatic nitrogens is 2. The topological polar surface area (TPSA) is 77.7 Å². The number of benzene rings is 2. The Balaban J connectivity index is 1.53. The van der Waals surface area contributed by atoms with Crippen molar-refractivity contribution in [1.29, 1.82) is 0 Å². The molecule has 1 aromatic heterocycles. The fourth-order valence-electron chi connectivity index (χ4n) is 3.11. The number of carbonyl (C=O) groups excluding carboxylic acids is 1. The summed E-state index contributed by atoms with van der Waals surface area (Å²) in [6.45, 7) is 1.99. The van der Waals surface area contributed by atoms with E-state index >= 15 is 0 Å². The molecule has 4 rings (SSSR count). The molecule has 156 valence electrons. The number of imidazole rings is 1. The zero-order chi connectivity index (χ0) is 21.3. The number of amides is 1. The molecule has 1 aliphatic heterocycles. The van der Waals surface area contributed by atoms with Gasteiger partial charge in [0.25, 0.3) is 5.91 Å². The van der Waals surface area contributed by atoms with E-state index in [0.717, 1.165) is 4.57 Å². The summed E-state index contributed by atoms with van der Waals surface area (Å²) in [5.41, 5.74) is 3.83. The molecule has 1 aliphatic rings. The van der Waals surface area contributed by atoms with Gasteiger partial charge in [-0.15, -0.1) is 0 Å². The summed E-state index contributed by atoms with van der Waals surface area (Å²) >= 11 is 0. The monoisotopic (exact) mass is 418 g/mol. The molecule has 0 aliphatic carbocycles. The van der Waals surface area contributed by atoms with E-state index in [1.165, 1.54) is 12.1 Å². The van der Waals surface area contributed by atoms with Gasteiger partial charge in [0, 0.05) is 5.56 Å².